The fourth-order valence-corrected chi connectivity index (χ4v) is 1.50. The molecule has 17 heavy (non-hydrogen) atoms. The molecule has 1 N–H and O–H groups in total. The Bertz CT molecular complexity index is 496. The highest BCUT2D eigenvalue weighted by atomic mass is 16.5. The van der Waals surface area contributed by atoms with Crippen molar-refractivity contribution in [3.63, 3.8) is 0 Å². The zero-order chi connectivity index (χ0) is 12.3. The van der Waals surface area contributed by atoms with E-state index in [-0.39, 0.29) is 5.92 Å². The molecule has 0 aliphatic heterocycles. The van der Waals surface area contributed by atoms with Crippen LogP contribution in [0.2, 0.25) is 0 Å². The van der Waals surface area contributed by atoms with Crippen LogP contribution >= 0.6 is 0 Å². The van der Waals surface area contributed by atoms with Gasteiger partial charge in [-0.25, -0.2) is 0 Å². The maximum absolute atomic E-state index is 9.66. The van der Waals surface area contributed by atoms with E-state index in [4.69, 9.17) is 4.74 Å². The zero-order valence-electron chi connectivity index (χ0n) is 10.1. The van der Waals surface area contributed by atoms with Crippen molar-refractivity contribution in [2.24, 2.45) is 5.92 Å². The second-order valence-corrected chi connectivity index (χ2v) is 4.49. The van der Waals surface area contributed by atoms with Crippen LogP contribution < -0.4 is 4.74 Å². The number of aromatic nitrogens is 1. The number of ether oxygens (including phenoxy) is 1. The highest BCUT2D eigenvalue weighted by Crippen LogP contribution is 2.18. The van der Waals surface area contributed by atoms with Crippen LogP contribution in [0.25, 0.3) is 10.9 Å². The third-order valence-electron chi connectivity index (χ3n) is 2.76. The number of aliphatic hydroxyl groups is 1. The van der Waals surface area contributed by atoms with Gasteiger partial charge in [0.25, 0.3) is 0 Å². The van der Waals surface area contributed by atoms with Gasteiger partial charge in [-0.15, -0.1) is 0 Å². The van der Waals surface area contributed by atoms with Gasteiger partial charge in [0.2, 0.25) is 0 Å². The molecule has 1 atom stereocenters. The van der Waals surface area contributed by atoms with E-state index in [1.807, 2.05) is 44.2 Å². The number of rotatable bonds is 4. The molecule has 0 radical (unpaired) electrons. The van der Waals surface area contributed by atoms with Gasteiger partial charge in [0.05, 0.1) is 17.8 Å². The molecule has 0 saturated carbocycles. The minimum atomic E-state index is -0.443. The Labute approximate surface area is 101 Å². The van der Waals surface area contributed by atoms with E-state index in [1.165, 1.54) is 0 Å². The average molecular weight is 231 g/mol. The monoisotopic (exact) mass is 231 g/mol. The smallest absolute Gasteiger partial charge is 0.138 e. The van der Waals surface area contributed by atoms with Gasteiger partial charge in [-0.3, -0.25) is 4.98 Å². The van der Waals surface area contributed by atoms with Crippen molar-refractivity contribution in [1.29, 1.82) is 0 Å². The van der Waals surface area contributed by atoms with Crippen molar-refractivity contribution in [1.82, 2.24) is 4.98 Å². The molecule has 2 rings (SSSR count). The van der Waals surface area contributed by atoms with E-state index in [0.717, 1.165) is 10.9 Å². The highest BCUT2D eigenvalue weighted by molar-refractivity contribution is 5.79. The third-order valence-corrected chi connectivity index (χ3v) is 2.76. The van der Waals surface area contributed by atoms with E-state index < -0.39 is 6.10 Å². The van der Waals surface area contributed by atoms with Crippen molar-refractivity contribution < 1.29 is 9.84 Å². The van der Waals surface area contributed by atoms with Crippen molar-refractivity contribution in [2.75, 3.05) is 6.61 Å². The van der Waals surface area contributed by atoms with Crippen LogP contribution in [0.1, 0.15) is 13.8 Å². The number of fused-ring (bicyclic) bond motifs is 1. The van der Waals surface area contributed by atoms with Gasteiger partial charge >= 0.3 is 0 Å². The molecule has 0 aliphatic carbocycles. The number of hydrogen-bond donors (Lipinski definition) is 1. The lowest BCUT2D eigenvalue weighted by atomic mass is 10.1. The third kappa shape index (κ3) is 2.94. The summed E-state index contributed by atoms with van der Waals surface area (Å²) in [6.07, 6.45) is 1.25. The fourth-order valence-electron chi connectivity index (χ4n) is 1.50. The summed E-state index contributed by atoms with van der Waals surface area (Å²) in [5, 5.41) is 10.7. The first-order valence-electron chi connectivity index (χ1n) is 5.82. The molecule has 3 heteroatoms. The lowest BCUT2D eigenvalue weighted by molar-refractivity contribution is 0.0700. The normalized spacial score (nSPS) is 12.9. The Kier molecular flexibility index (Phi) is 3.59. The Morgan fingerprint density at radius 2 is 2.06 bits per heavy atom. The summed E-state index contributed by atoms with van der Waals surface area (Å²) in [4.78, 5) is 4.30. The molecular formula is C14H17NO2. The molecule has 0 amide bonds. The number of para-hydroxylation sites is 1. The number of hydrogen-bond acceptors (Lipinski definition) is 3. The van der Waals surface area contributed by atoms with Crippen molar-refractivity contribution in [3.05, 3.63) is 36.5 Å². The Hall–Kier alpha value is -1.61. The second kappa shape index (κ2) is 5.15. The largest absolute Gasteiger partial charge is 0.489 e. The van der Waals surface area contributed by atoms with E-state index in [2.05, 4.69) is 4.98 Å². The lowest BCUT2D eigenvalue weighted by Crippen LogP contribution is -2.23. The molecule has 2 aromatic rings. The standard InChI is InChI=1S/C14H17NO2/c1-10(2)14(16)9-17-12-7-11-5-3-4-6-13(11)15-8-12/h3-8,10,14,16H,9H2,1-2H3. The summed E-state index contributed by atoms with van der Waals surface area (Å²) in [6, 6.07) is 9.82. The van der Waals surface area contributed by atoms with Crippen LogP contribution in [0.4, 0.5) is 0 Å². The first kappa shape index (κ1) is 11.9. The lowest BCUT2D eigenvalue weighted by Gasteiger charge is -2.15. The van der Waals surface area contributed by atoms with Crippen LogP contribution in [0.3, 0.4) is 0 Å². The zero-order valence-corrected chi connectivity index (χ0v) is 10.1. The summed E-state index contributed by atoms with van der Waals surface area (Å²) in [5.41, 5.74) is 0.948. The Morgan fingerprint density at radius 3 is 2.82 bits per heavy atom. The first-order chi connectivity index (χ1) is 8.16. The van der Waals surface area contributed by atoms with E-state index in [9.17, 15) is 5.11 Å². The molecule has 1 aromatic heterocycles. The van der Waals surface area contributed by atoms with E-state index >= 15 is 0 Å². The number of aliphatic hydroxyl groups excluding tert-OH is 1. The first-order valence-corrected chi connectivity index (χ1v) is 5.82. The van der Waals surface area contributed by atoms with Gasteiger partial charge in [0.1, 0.15) is 12.4 Å². The Morgan fingerprint density at radius 1 is 1.29 bits per heavy atom. The van der Waals surface area contributed by atoms with Crippen LogP contribution in [-0.2, 0) is 0 Å². The molecule has 0 aliphatic rings. The molecule has 90 valence electrons. The van der Waals surface area contributed by atoms with Crippen molar-refractivity contribution in [3.8, 4) is 5.75 Å². The molecule has 1 aromatic carbocycles. The topological polar surface area (TPSA) is 42.4 Å². The molecule has 1 heterocycles. The molecule has 0 saturated heterocycles. The predicted octanol–water partition coefficient (Wildman–Crippen LogP) is 2.63. The number of nitrogens with zero attached hydrogens (tertiary/aromatic N) is 1. The molecule has 1 unspecified atom stereocenters. The van der Waals surface area contributed by atoms with Crippen molar-refractivity contribution in [2.45, 2.75) is 20.0 Å². The minimum Gasteiger partial charge on any atom is -0.489 e. The molecular weight excluding hydrogens is 214 g/mol. The van der Waals surface area contributed by atoms with Gasteiger partial charge in [0, 0.05) is 5.39 Å². The van der Waals surface area contributed by atoms with Crippen LogP contribution in [-0.4, -0.2) is 22.8 Å². The maximum Gasteiger partial charge on any atom is 0.138 e. The number of benzene rings is 1. The summed E-state index contributed by atoms with van der Waals surface area (Å²) >= 11 is 0. The van der Waals surface area contributed by atoms with Crippen LogP contribution in [0, 0.1) is 5.92 Å². The summed E-state index contributed by atoms with van der Waals surface area (Å²) in [7, 11) is 0. The van der Waals surface area contributed by atoms with E-state index in [0.29, 0.717) is 12.4 Å². The van der Waals surface area contributed by atoms with Crippen LogP contribution in [0.5, 0.6) is 5.75 Å². The average Bonchev–Trinajstić information content (AvgIpc) is 2.35. The Balaban J connectivity index is 2.09. The quantitative estimate of drug-likeness (QED) is 0.879. The molecule has 3 nitrogen and oxygen atoms in total. The number of pyridine rings is 1. The van der Waals surface area contributed by atoms with Crippen LogP contribution in [0.15, 0.2) is 36.5 Å². The molecule has 0 spiro atoms. The van der Waals surface area contributed by atoms with Gasteiger partial charge in [-0.2, -0.15) is 0 Å². The second-order valence-electron chi connectivity index (χ2n) is 4.49. The summed E-state index contributed by atoms with van der Waals surface area (Å²) in [6.45, 7) is 4.23. The highest BCUT2D eigenvalue weighted by Gasteiger charge is 2.09. The predicted molar refractivity (Wildman–Crippen MR) is 68.1 cm³/mol. The fraction of sp³-hybridized carbons (Fsp3) is 0.357. The van der Waals surface area contributed by atoms with Gasteiger partial charge in [0.15, 0.2) is 0 Å². The maximum atomic E-state index is 9.66. The van der Waals surface area contributed by atoms with Gasteiger partial charge in [-0.05, 0) is 18.1 Å². The SMILES string of the molecule is CC(C)C(O)COc1cnc2ccccc2c1. The molecule has 0 fully saturated rings. The molecule has 0 bridgehead atoms. The summed E-state index contributed by atoms with van der Waals surface area (Å²) < 4.78 is 5.52. The van der Waals surface area contributed by atoms with E-state index in [1.54, 1.807) is 6.20 Å². The van der Waals surface area contributed by atoms with Crippen molar-refractivity contribution >= 4 is 10.9 Å². The van der Waals surface area contributed by atoms with Gasteiger partial charge in [-0.1, -0.05) is 32.0 Å². The minimum absolute atomic E-state index is 0.198. The van der Waals surface area contributed by atoms with Gasteiger partial charge < -0.3 is 9.84 Å². The summed E-state index contributed by atoms with van der Waals surface area (Å²) in [5.74, 6) is 0.895.